The monoisotopic (exact) mass is 374 g/mol. The number of fused-ring (bicyclic) bond motifs is 1. The van der Waals surface area contributed by atoms with Crippen LogP contribution in [0.4, 0.5) is 11.4 Å². The van der Waals surface area contributed by atoms with Gasteiger partial charge in [-0.1, -0.05) is 34.1 Å². The first kappa shape index (κ1) is 14.7. The summed E-state index contributed by atoms with van der Waals surface area (Å²) in [4.78, 5) is 2.84. The second-order valence-electron chi connectivity index (χ2n) is 4.51. The van der Waals surface area contributed by atoms with E-state index < -0.39 is 0 Å². The summed E-state index contributed by atoms with van der Waals surface area (Å²) < 4.78 is 0.889. The first-order valence-corrected chi connectivity index (χ1v) is 7.61. The Hall–Kier alpha value is -2.25. The molecule has 0 saturated heterocycles. The Balaban J connectivity index is 1.85. The van der Waals surface area contributed by atoms with Gasteiger partial charge in [0.25, 0.3) is 0 Å². The molecule has 0 amide bonds. The molecule has 110 valence electrons. The number of para-hydroxylation sites is 1. The first-order chi connectivity index (χ1) is 10.6. The van der Waals surface area contributed by atoms with Crippen LogP contribution in [0.3, 0.4) is 0 Å². The lowest BCUT2D eigenvalue weighted by atomic mass is 10.2. The standard InChI is InChI=1S/C15H11BrN4OS/c16-9-6-7-12-11(8-9)13(14(21)18-12)19-20-15(22)17-10-4-2-1-3-5-10/h1-8,18,21H,(H,17,22). The van der Waals surface area contributed by atoms with Crippen LogP contribution in [0.15, 0.2) is 63.2 Å². The van der Waals surface area contributed by atoms with Crippen molar-refractivity contribution in [1.29, 1.82) is 0 Å². The molecule has 0 bridgehead atoms. The van der Waals surface area contributed by atoms with E-state index in [1.54, 1.807) is 0 Å². The highest BCUT2D eigenvalue weighted by molar-refractivity contribution is 9.10. The van der Waals surface area contributed by atoms with E-state index in [0.717, 1.165) is 21.1 Å². The minimum absolute atomic E-state index is 0.0423. The van der Waals surface area contributed by atoms with E-state index in [0.29, 0.717) is 5.69 Å². The van der Waals surface area contributed by atoms with Gasteiger partial charge in [-0.15, -0.1) is 10.2 Å². The van der Waals surface area contributed by atoms with E-state index in [2.05, 4.69) is 36.5 Å². The summed E-state index contributed by atoms with van der Waals surface area (Å²) in [6.45, 7) is 0. The van der Waals surface area contributed by atoms with Crippen molar-refractivity contribution < 1.29 is 5.11 Å². The van der Waals surface area contributed by atoms with Crippen LogP contribution < -0.4 is 5.32 Å². The van der Waals surface area contributed by atoms with Crippen molar-refractivity contribution in [2.24, 2.45) is 10.2 Å². The van der Waals surface area contributed by atoms with Crippen LogP contribution in [0, 0.1) is 0 Å². The molecular weight excluding hydrogens is 364 g/mol. The summed E-state index contributed by atoms with van der Waals surface area (Å²) in [7, 11) is 0. The maximum atomic E-state index is 9.94. The molecule has 2 aromatic carbocycles. The van der Waals surface area contributed by atoms with Gasteiger partial charge in [0.1, 0.15) is 0 Å². The average Bonchev–Trinajstić information content (AvgIpc) is 2.81. The number of nitrogens with one attached hydrogen (secondary N) is 2. The molecule has 0 unspecified atom stereocenters. The number of thiocarbonyl (C=S) groups is 1. The van der Waals surface area contributed by atoms with Gasteiger partial charge in [-0.05, 0) is 42.5 Å². The zero-order chi connectivity index (χ0) is 15.5. The Bertz CT molecular complexity index is 861. The third-order valence-electron chi connectivity index (χ3n) is 2.98. The maximum Gasteiger partial charge on any atom is 0.218 e. The van der Waals surface area contributed by atoms with Crippen molar-refractivity contribution in [2.75, 3.05) is 5.32 Å². The lowest BCUT2D eigenvalue weighted by Gasteiger charge is -2.01. The average molecular weight is 375 g/mol. The Morgan fingerprint density at radius 3 is 2.73 bits per heavy atom. The molecule has 0 saturated carbocycles. The predicted octanol–water partition coefficient (Wildman–Crippen LogP) is 5.12. The first-order valence-electron chi connectivity index (χ1n) is 6.41. The van der Waals surface area contributed by atoms with Crippen molar-refractivity contribution >= 4 is 55.5 Å². The number of rotatable bonds is 2. The lowest BCUT2D eigenvalue weighted by molar-refractivity contribution is 0.459. The van der Waals surface area contributed by atoms with Gasteiger partial charge in [0.2, 0.25) is 11.0 Å². The van der Waals surface area contributed by atoms with Gasteiger partial charge in [0.15, 0.2) is 5.69 Å². The molecule has 7 heteroatoms. The lowest BCUT2D eigenvalue weighted by Crippen LogP contribution is -2.04. The highest BCUT2D eigenvalue weighted by Crippen LogP contribution is 2.36. The topological polar surface area (TPSA) is 72.8 Å². The van der Waals surface area contributed by atoms with Crippen LogP contribution in [0.2, 0.25) is 0 Å². The number of hydrogen-bond donors (Lipinski definition) is 3. The van der Waals surface area contributed by atoms with E-state index in [9.17, 15) is 5.11 Å². The van der Waals surface area contributed by atoms with Crippen LogP contribution in [-0.4, -0.2) is 15.2 Å². The molecule has 1 aromatic heterocycles. The van der Waals surface area contributed by atoms with Gasteiger partial charge in [-0.3, -0.25) is 0 Å². The van der Waals surface area contributed by atoms with Crippen LogP contribution in [0.5, 0.6) is 5.88 Å². The van der Waals surface area contributed by atoms with E-state index in [4.69, 9.17) is 12.2 Å². The second kappa shape index (κ2) is 6.25. The third kappa shape index (κ3) is 3.15. The van der Waals surface area contributed by atoms with Gasteiger partial charge in [0, 0.05) is 15.5 Å². The van der Waals surface area contributed by atoms with Crippen LogP contribution in [-0.2, 0) is 0 Å². The number of halogens is 1. The number of benzene rings is 2. The summed E-state index contributed by atoms with van der Waals surface area (Å²) in [5.74, 6) is -0.0423. The maximum absolute atomic E-state index is 9.94. The number of azo groups is 1. The van der Waals surface area contributed by atoms with Crippen LogP contribution >= 0.6 is 28.1 Å². The molecule has 0 aliphatic heterocycles. The Kier molecular flexibility index (Phi) is 4.17. The number of H-pyrrole nitrogens is 1. The highest BCUT2D eigenvalue weighted by atomic mass is 79.9. The van der Waals surface area contributed by atoms with Crippen molar-refractivity contribution in [1.82, 2.24) is 4.98 Å². The van der Waals surface area contributed by atoms with Crippen molar-refractivity contribution in [3.8, 4) is 5.88 Å². The normalized spacial score (nSPS) is 11.1. The van der Waals surface area contributed by atoms with E-state index in [1.165, 1.54) is 0 Å². The van der Waals surface area contributed by atoms with Crippen LogP contribution in [0.1, 0.15) is 0 Å². The minimum Gasteiger partial charge on any atom is -0.493 e. The number of anilines is 1. The Morgan fingerprint density at radius 2 is 1.95 bits per heavy atom. The fraction of sp³-hybridized carbons (Fsp3) is 0. The molecule has 0 aliphatic carbocycles. The van der Waals surface area contributed by atoms with E-state index in [-0.39, 0.29) is 11.0 Å². The van der Waals surface area contributed by atoms with Gasteiger partial charge in [-0.2, -0.15) is 0 Å². The largest absolute Gasteiger partial charge is 0.493 e. The van der Waals surface area contributed by atoms with Crippen molar-refractivity contribution in [3.63, 3.8) is 0 Å². The molecule has 3 aromatic rings. The predicted molar refractivity (Wildman–Crippen MR) is 94.8 cm³/mol. The Labute approximate surface area is 140 Å². The summed E-state index contributed by atoms with van der Waals surface area (Å²) in [5, 5.41) is 21.9. The van der Waals surface area contributed by atoms with Crippen LogP contribution in [0.25, 0.3) is 10.9 Å². The smallest absolute Gasteiger partial charge is 0.218 e. The summed E-state index contributed by atoms with van der Waals surface area (Å²) in [6, 6.07) is 15.0. The van der Waals surface area contributed by atoms with Gasteiger partial charge < -0.3 is 15.4 Å². The number of hydrogen-bond acceptors (Lipinski definition) is 3. The fourth-order valence-electron chi connectivity index (χ4n) is 2.00. The molecule has 3 rings (SSSR count). The molecule has 1 heterocycles. The molecule has 5 nitrogen and oxygen atoms in total. The molecular formula is C15H11BrN4OS. The molecule has 0 fully saturated rings. The molecule has 0 atom stereocenters. The highest BCUT2D eigenvalue weighted by Gasteiger charge is 2.10. The number of nitrogens with zero attached hydrogens (tertiary/aromatic N) is 2. The van der Waals surface area contributed by atoms with Crippen molar-refractivity contribution in [2.45, 2.75) is 0 Å². The SMILES string of the molecule is Oc1[nH]c2ccc(Br)cc2c1N=NC(=S)Nc1ccccc1. The number of aromatic hydroxyl groups is 1. The van der Waals surface area contributed by atoms with Crippen molar-refractivity contribution in [3.05, 3.63) is 53.0 Å². The number of aromatic nitrogens is 1. The van der Waals surface area contributed by atoms with Gasteiger partial charge >= 0.3 is 0 Å². The number of aromatic amines is 1. The van der Waals surface area contributed by atoms with E-state index in [1.807, 2.05) is 48.5 Å². The minimum atomic E-state index is -0.0423. The summed E-state index contributed by atoms with van der Waals surface area (Å²) in [6.07, 6.45) is 0. The fourth-order valence-corrected chi connectivity index (χ4v) is 2.52. The molecule has 3 N–H and O–H groups in total. The molecule has 22 heavy (non-hydrogen) atoms. The van der Waals surface area contributed by atoms with E-state index >= 15 is 0 Å². The molecule has 0 radical (unpaired) electrons. The summed E-state index contributed by atoms with van der Waals surface area (Å²) in [5.41, 5.74) is 1.96. The second-order valence-corrected chi connectivity index (χ2v) is 5.81. The summed E-state index contributed by atoms with van der Waals surface area (Å²) >= 11 is 8.52. The molecule has 0 aliphatic rings. The zero-order valence-corrected chi connectivity index (χ0v) is 13.6. The zero-order valence-electron chi connectivity index (χ0n) is 11.2. The Morgan fingerprint density at radius 1 is 1.18 bits per heavy atom. The van der Waals surface area contributed by atoms with Gasteiger partial charge in [0.05, 0.1) is 5.52 Å². The quantitative estimate of drug-likeness (QED) is 0.430. The third-order valence-corrected chi connectivity index (χ3v) is 3.66. The van der Waals surface area contributed by atoms with Gasteiger partial charge in [-0.25, -0.2) is 0 Å². The molecule has 0 spiro atoms.